The van der Waals surface area contributed by atoms with E-state index in [0.717, 1.165) is 40.7 Å². The van der Waals surface area contributed by atoms with Crippen molar-refractivity contribution in [2.24, 2.45) is 7.05 Å². The quantitative estimate of drug-likeness (QED) is 0.561. The lowest BCUT2D eigenvalue weighted by molar-refractivity contribution is -0.119. The first kappa shape index (κ1) is 20.7. The van der Waals surface area contributed by atoms with Crippen LogP contribution >= 0.6 is 11.8 Å². The van der Waals surface area contributed by atoms with Crippen molar-refractivity contribution in [3.63, 3.8) is 0 Å². The second-order valence-electron chi connectivity index (χ2n) is 7.56. The van der Waals surface area contributed by atoms with Crippen LogP contribution in [0, 0.1) is 13.8 Å². The molecule has 0 spiro atoms. The summed E-state index contributed by atoms with van der Waals surface area (Å²) in [6, 6.07) is 6.48. The Morgan fingerprint density at radius 2 is 1.96 bits per heavy atom. The zero-order valence-electron chi connectivity index (χ0n) is 17.0. The fraction of sp³-hybridized carbons (Fsp3) is 0.571. The lowest BCUT2D eigenvalue weighted by Crippen LogP contribution is -2.35. The number of carbonyl (C=O) groups excluding carboxylic acids is 1. The first-order valence-corrected chi connectivity index (χ1v) is 11.0. The Morgan fingerprint density at radius 1 is 1.21 bits per heavy atom. The molecule has 152 valence electrons. The molecule has 1 amide bonds. The van der Waals surface area contributed by atoms with Crippen molar-refractivity contribution >= 4 is 17.7 Å². The number of amides is 1. The molecule has 7 heteroatoms. The Balaban J connectivity index is 1.50. The van der Waals surface area contributed by atoms with E-state index in [1.807, 2.05) is 31.5 Å². The minimum Gasteiger partial charge on any atom is -0.485 e. The van der Waals surface area contributed by atoms with Crippen LogP contribution in [0.15, 0.2) is 23.4 Å². The third-order valence-corrected chi connectivity index (χ3v) is 6.20. The summed E-state index contributed by atoms with van der Waals surface area (Å²) in [5.74, 6) is 2.04. The van der Waals surface area contributed by atoms with Crippen LogP contribution in [0.5, 0.6) is 5.75 Å². The number of nitrogens with zero attached hydrogens (tertiary/aromatic N) is 3. The van der Waals surface area contributed by atoms with E-state index in [2.05, 4.69) is 27.6 Å². The summed E-state index contributed by atoms with van der Waals surface area (Å²) in [6.45, 7) is 4.42. The third-order valence-electron chi connectivity index (χ3n) is 5.18. The molecule has 3 rings (SSSR count). The number of benzene rings is 1. The molecule has 0 radical (unpaired) electrons. The van der Waals surface area contributed by atoms with Crippen LogP contribution < -0.4 is 10.1 Å². The largest absolute Gasteiger partial charge is 0.485 e. The van der Waals surface area contributed by atoms with Crippen molar-refractivity contribution in [3.05, 3.63) is 35.2 Å². The van der Waals surface area contributed by atoms with Crippen molar-refractivity contribution in [3.8, 4) is 5.75 Å². The van der Waals surface area contributed by atoms with Crippen LogP contribution in [0.4, 0.5) is 0 Å². The number of ether oxygens (including phenoxy) is 1. The number of nitrogens with one attached hydrogen (secondary N) is 1. The van der Waals surface area contributed by atoms with Crippen molar-refractivity contribution in [1.29, 1.82) is 0 Å². The standard InChI is InChI=1S/C21H30N4O2S/c1-15-10-11-16(2)18(12-15)27-13-19-23-24-21(25(19)3)28-14-20(26)22-17-8-6-4-5-7-9-17/h10-12,17H,4-9,13-14H2,1-3H3,(H,22,26). The Morgan fingerprint density at radius 3 is 2.71 bits per heavy atom. The number of aryl methyl sites for hydroxylation is 2. The van der Waals surface area contributed by atoms with Gasteiger partial charge in [0.1, 0.15) is 12.4 Å². The van der Waals surface area contributed by atoms with Gasteiger partial charge >= 0.3 is 0 Å². The molecule has 0 unspecified atom stereocenters. The van der Waals surface area contributed by atoms with Gasteiger partial charge in [0.2, 0.25) is 5.91 Å². The molecular formula is C21H30N4O2S. The highest BCUT2D eigenvalue weighted by atomic mass is 32.2. The highest BCUT2D eigenvalue weighted by molar-refractivity contribution is 7.99. The van der Waals surface area contributed by atoms with E-state index in [1.165, 1.54) is 37.4 Å². The lowest BCUT2D eigenvalue weighted by atomic mass is 10.1. The van der Waals surface area contributed by atoms with Gasteiger partial charge in [0.25, 0.3) is 0 Å². The smallest absolute Gasteiger partial charge is 0.230 e. The van der Waals surface area contributed by atoms with Gasteiger partial charge < -0.3 is 14.6 Å². The molecule has 1 saturated carbocycles. The van der Waals surface area contributed by atoms with Crippen molar-refractivity contribution in [2.45, 2.75) is 70.2 Å². The number of thioether (sulfide) groups is 1. The van der Waals surface area contributed by atoms with E-state index in [1.54, 1.807) is 0 Å². The molecule has 0 saturated heterocycles. The van der Waals surface area contributed by atoms with Gasteiger partial charge in [0, 0.05) is 13.1 Å². The van der Waals surface area contributed by atoms with Crippen LogP contribution in [0.25, 0.3) is 0 Å². The normalized spacial score (nSPS) is 15.2. The highest BCUT2D eigenvalue weighted by Gasteiger charge is 2.16. The molecule has 2 aromatic rings. The second kappa shape index (κ2) is 9.96. The van der Waals surface area contributed by atoms with Crippen LogP contribution in [0.3, 0.4) is 0 Å². The monoisotopic (exact) mass is 402 g/mol. The van der Waals surface area contributed by atoms with E-state index in [0.29, 0.717) is 18.4 Å². The third kappa shape index (κ3) is 5.74. The molecule has 1 aliphatic carbocycles. The van der Waals surface area contributed by atoms with Crippen LogP contribution in [0.2, 0.25) is 0 Å². The maximum absolute atomic E-state index is 12.3. The van der Waals surface area contributed by atoms with E-state index in [4.69, 9.17) is 4.74 Å². The van der Waals surface area contributed by atoms with Gasteiger partial charge in [-0.3, -0.25) is 4.79 Å². The summed E-state index contributed by atoms with van der Waals surface area (Å²) >= 11 is 1.42. The topological polar surface area (TPSA) is 69.0 Å². The average Bonchev–Trinajstić information content (AvgIpc) is 2.85. The molecule has 1 heterocycles. The number of rotatable bonds is 7. The molecule has 0 aliphatic heterocycles. The number of aromatic nitrogens is 3. The Labute approximate surface area is 171 Å². The van der Waals surface area contributed by atoms with Crippen LogP contribution in [0.1, 0.15) is 55.5 Å². The summed E-state index contributed by atoms with van der Waals surface area (Å²) in [5, 5.41) is 12.3. The average molecular weight is 403 g/mol. The number of hydrogen-bond donors (Lipinski definition) is 1. The Kier molecular flexibility index (Phi) is 7.36. The second-order valence-corrected chi connectivity index (χ2v) is 8.50. The van der Waals surface area contributed by atoms with Gasteiger partial charge in [-0.05, 0) is 43.9 Å². The molecule has 1 aromatic carbocycles. The van der Waals surface area contributed by atoms with E-state index in [9.17, 15) is 4.79 Å². The van der Waals surface area contributed by atoms with Gasteiger partial charge in [0.05, 0.1) is 5.75 Å². The summed E-state index contributed by atoms with van der Waals surface area (Å²) in [7, 11) is 1.91. The number of carbonyl (C=O) groups is 1. The molecule has 1 aromatic heterocycles. The first-order chi connectivity index (χ1) is 13.5. The molecule has 28 heavy (non-hydrogen) atoms. The molecule has 0 bridgehead atoms. The van der Waals surface area contributed by atoms with Gasteiger partial charge in [-0.15, -0.1) is 10.2 Å². The minimum absolute atomic E-state index is 0.0769. The van der Waals surface area contributed by atoms with Gasteiger partial charge in [-0.2, -0.15) is 0 Å². The summed E-state index contributed by atoms with van der Waals surface area (Å²) in [6.07, 6.45) is 7.19. The van der Waals surface area contributed by atoms with Crippen LogP contribution in [-0.4, -0.2) is 32.5 Å². The van der Waals surface area contributed by atoms with E-state index < -0.39 is 0 Å². The predicted molar refractivity (Wildman–Crippen MR) is 112 cm³/mol. The predicted octanol–water partition coefficient (Wildman–Crippen LogP) is 3.94. The van der Waals surface area contributed by atoms with E-state index >= 15 is 0 Å². The fourth-order valence-corrected chi connectivity index (χ4v) is 4.17. The Bertz CT molecular complexity index is 798. The summed E-state index contributed by atoms with van der Waals surface area (Å²) in [5.41, 5.74) is 2.26. The maximum atomic E-state index is 12.3. The molecular weight excluding hydrogens is 372 g/mol. The van der Waals surface area contributed by atoms with Crippen LogP contribution in [-0.2, 0) is 18.4 Å². The van der Waals surface area contributed by atoms with Crippen molar-refractivity contribution in [2.75, 3.05) is 5.75 Å². The summed E-state index contributed by atoms with van der Waals surface area (Å²) in [4.78, 5) is 12.3. The SMILES string of the molecule is Cc1ccc(C)c(OCc2nnc(SCC(=O)NC3CCCCCC3)n2C)c1. The molecule has 0 atom stereocenters. The Hall–Kier alpha value is -2.02. The van der Waals surface area contributed by atoms with Gasteiger partial charge in [-0.25, -0.2) is 0 Å². The first-order valence-electron chi connectivity index (χ1n) is 10.0. The minimum atomic E-state index is 0.0769. The lowest BCUT2D eigenvalue weighted by Gasteiger charge is -2.15. The highest BCUT2D eigenvalue weighted by Crippen LogP contribution is 2.22. The molecule has 6 nitrogen and oxygen atoms in total. The van der Waals surface area contributed by atoms with Crippen molar-refractivity contribution < 1.29 is 9.53 Å². The van der Waals surface area contributed by atoms with Crippen molar-refractivity contribution in [1.82, 2.24) is 20.1 Å². The zero-order chi connectivity index (χ0) is 19.9. The van der Waals surface area contributed by atoms with Gasteiger partial charge in [0.15, 0.2) is 11.0 Å². The number of hydrogen-bond acceptors (Lipinski definition) is 5. The molecule has 1 N–H and O–H groups in total. The van der Waals surface area contributed by atoms with E-state index in [-0.39, 0.29) is 5.91 Å². The summed E-state index contributed by atoms with van der Waals surface area (Å²) < 4.78 is 7.82. The maximum Gasteiger partial charge on any atom is 0.230 e. The zero-order valence-corrected chi connectivity index (χ0v) is 17.8. The molecule has 1 aliphatic rings. The van der Waals surface area contributed by atoms with Gasteiger partial charge in [-0.1, -0.05) is 49.6 Å². The molecule has 1 fully saturated rings. The fourth-order valence-electron chi connectivity index (χ4n) is 3.42.